The minimum absolute atomic E-state index is 0.0196. The number of thiocarbonyl (C=S) groups is 1. The molecule has 2 amide bonds. The van der Waals surface area contributed by atoms with Gasteiger partial charge in [0.15, 0.2) is 0 Å². The molecule has 0 bridgehead atoms. The first-order chi connectivity index (χ1) is 9.93. The van der Waals surface area contributed by atoms with E-state index in [1.165, 1.54) is 6.07 Å². The molecule has 1 heterocycles. The van der Waals surface area contributed by atoms with Crippen molar-refractivity contribution >= 4 is 29.0 Å². The van der Waals surface area contributed by atoms with Crippen molar-refractivity contribution < 1.29 is 14.0 Å². The average molecular weight is 309 g/mol. The largest absolute Gasteiger partial charge is 0.389 e. The summed E-state index contributed by atoms with van der Waals surface area (Å²) in [5.74, 6) is -1.23. The molecule has 0 radical (unpaired) electrons. The molecule has 1 atom stereocenters. The van der Waals surface area contributed by atoms with Gasteiger partial charge in [0.25, 0.3) is 0 Å². The van der Waals surface area contributed by atoms with E-state index in [2.05, 4.69) is 5.32 Å². The van der Waals surface area contributed by atoms with Crippen LogP contribution in [-0.4, -0.2) is 34.3 Å². The van der Waals surface area contributed by atoms with Crippen LogP contribution < -0.4 is 11.1 Å². The van der Waals surface area contributed by atoms with Crippen LogP contribution in [0.25, 0.3) is 0 Å². The molecule has 1 aromatic carbocycles. The Bertz CT molecular complexity index is 606. The number of hydrogen-bond donors (Lipinski definition) is 2. The van der Waals surface area contributed by atoms with E-state index in [9.17, 15) is 14.0 Å². The number of nitrogens with one attached hydrogen (secondary N) is 1. The van der Waals surface area contributed by atoms with E-state index >= 15 is 0 Å². The first-order valence-electron chi connectivity index (χ1n) is 6.59. The number of benzene rings is 1. The summed E-state index contributed by atoms with van der Waals surface area (Å²) in [6.45, 7) is 2.05. The Morgan fingerprint density at radius 3 is 2.86 bits per heavy atom. The van der Waals surface area contributed by atoms with E-state index in [1.54, 1.807) is 17.0 Å². The highest BCUT2D eigenvalue weighted by Gasteiger charge is 2.32. The lowest BCUT2D eigenvalue weighted by Gasteiger charge is -2.33. The van der Waals surface area contributed by atoms with E-state index in [-0.39, 0.29) is 35.5 Å². The van der Waals surface area contributed by atoms with E-state index in [0.717, 1.165) is 0 Å². The Morgan fingerprint density at radius 2 is 2.24 bits per heavy atom. The van der Waals surface area contributed by atoms with Gasteiger partial charge < -0.3 is 5.73 Å². The summed E-state index contributed by atoms with van der Waals surface area (Å²) >= 11 is 4.80. The third kappa shape index (κ3) is 3.25. The minimum atomic E-state index is -0.502. The Morgan fingerprint density at radius 1 is 1.52 bits per heavy atom. The predicted octanol–water partition coefficient (Wildman–Crippen LogP) is 0.697. The highest BCUT2D eigenvalue weighted by molar-refractivity contribution is 7.80. The molecular formula is C14H16FN3O2S. The molecule has 1 fully saturated rings. The van der Waals surface area contributed by atoms with Gasteiger partial charge in [-0.3, -0.25) is 19.8 Å². The second-order valence-corrected chi connectivity index (χ2v) is 5.32. The van der Waals surface area contributed by atoms with Gasteiger partial charge in [-0.05, 0) is 12.5 Å². The SMILES string of the molecule is CCC1C(=O)NC(=O)CN1Cc1cccc(C(N)=S)c1F. The number of carbonyl (C=O) groups excluding carboxylic acids is 2. The van der Waals surface area contributed by atoms with E-state index in [0.29, 0.717) is 12.0 Å². The summed E-state index contributed by atoms with van der Waals surface area (Å²) in [5, 5.41) is 2.29. The van der Waals surface area contributed by atoms with Gasteiger partial charge in [-0.1, -0.05) is 31.3 Å². The molecule has 7 heteroatoms. The topological polar surface area (TPSA) is 75.4 Å². The van der Waals surface area contributed by atoms with Gasteiger partial charge in [0.05, 0.1) is 12.6 Å². The molecular weight excluding hydrogens is 293 g/mol. The zero-order chi connectivity index (χ0) is 15.6. The molecule has 5 nitrogen and oxygen atoms in total. The fourth-order valence-corrected chi connectivity index (χ4v) is 2.60. The Kier molecular flexibility index (Phi) is 4.64. The normalized spacial score (nSPS) is 19.4. The standard InChI is InChI=1S/C14H16FN3O2S/c1-2-10-14(20)17-11(19)7-18(10)6-8-4-3-5-9(12(8)15)13(16)21/h3-5,10H,2,6-7H2,1H3,(H2,16,21)(H,17,19,20). The number of rotatable bonds is 4. The Hall–Kier alpha value is -1.86. The number of amides is 2. The molecule has 1 aliphatic rings. The number of halogens is 1. The van der Waals surface area contributed by atoms with E-state index in [1.807, 2.05) is 6.92 Å². The molecule has 21 heavy (non-hydrogen) atoms. The second kappa shape index (κ2) is 6.28. The molecule has 1 aliphatic heterocycles. The maximum absolute atomic E-state index is 14.3. The smallest absolute Gasteiger partial charge is 0.243 e. The van der Waals surface area contributed by atoms with Crippen molar-refractivity contribution in [3.63, 3.8) is 0 Å². The quantitative estimate of drug-likeness (QED) is 0.632. The van der Waals surface area contributed by atoms with Gasteiger partial charge in [0.1, 0.15) is 10.8 Å². The lowest BCUT2D eigenvalue weighted by atomic mass is 10.1. The summed E-state index contributed by atoms with van der Waals surface area (Å²) in [5.41, 5.74) is 6.01. The van der Waals surface area contributed by atoms with Crippen LogP contribution in [-0.2, 0) is 16.1 Å². The van der Waals surface area contributed by atoms with Crippen LogP contribution in [0.3, 0.4) is 0 Å². The molecule has 0 aliphatic carbocycles. The van der Waals surface area contributed by atoms with E-state index in [4.69, 9.17) is 18.0 Å². The number of hydrogen-bond acceptors (Lipinski definition) is 4. The van der Waals surface area contributed by atoms with Crippen molar-refractivity contribution in [1.29, 1.82) is 0 Å². The zero-order valence-electron chi connectivity index (χ0n) is 11.6. The van der Waals surface area contributed by atoms with Gasteiger partial charge in [-0.15, -0.1) is 0 Å². The third-order valence-corrected chi connectivity index (χ3v) is 3.68. The van der Waals surface area contributed by atoms with Crippen LogP contribution in [0.4, 0.5) is 4.39 Å². The molecule has 1 aromatic rings. The van der Waals surface area contributed by atoms with Crippen LogP contribution in [0.5, 0.6) is 0 Å². The highest BCUT2D eigenvalue weighted by atomic mass is 32.1. The molecule has 3 N–H and O–H groups in total. The van der Waals surface area contributed by atoms with Gasteiger partial charge in [0.2, 0.25) is 11.8 Å². The van der Waals surface area contributed by atoms with Gasteiger partial charge in [-0.25, -0.2) is 4.39 Å². The zero-order valence-corrected chi connectivity index (χ0v) is 12.4. The van der Waals surface area contributed by atoms with Crippen molar-refractivity contribution in [2.75, 3.05) is 6.54 Å². The lowest BCUT2D eigenvalue weighted by molar-refractivity contribution is -0.140. The Labute approximate surface area is 127 Å². The van der Waals surface area contributed by atoms with Crippen molar-refractivity contribution in [1.82, 2.24) is 10.2 Å². The summed E-state index contributed by atoms with van der Waals surface area (Å²) in [7, 11) is 0. The third-order valence-electron chi connectivity index (χ3n) is 3.46. The molecule has 2 rings (SSSR count). The summed E-state index contributed by atoms with van der Waals surface area (Å²) in [6.07, 6.45) is 0.537. The first kappa shape index (κ1) is 15.5. The summed E-state index contributed by atoms with van der Waals surface area (Å²) in [6, 6.07) is 4.31. The monoisotopic (exact) mass is 309 g/mol. The van der Waals surface area contributed by atoms with Gasteiger partial charge in [-0.2, -0.15) is 0 Å². The molecule has 1 unspecified atom stereocenters. The molecule has 0 aromatic heterocycles. The molecule has 1 saturated heterocycles. The minimum Gasteiger partial charge on any atom is -0.389 e. The van der Waals surface area contributed by atoms with Crippen LogP contribution >= 0.6 is 12.2 Å². The highest BCUT2D eigenvalue weighted by Crippen LogP contribution is 2.18. The molecule has 0 spiro atoms. The summed E-state index contributed by atoms with van der Waals surface area (Å²) < 4.78 is 14.3. The fourth-order valence-electron chi connectivity index (χ4n) is 2.44. The van der Waals surface area contributed by atoms with Crippen LogP contribution in [0.15, 0.2) is 18.2 Å². The number of nitrogens with zero attached hydrogens (tertiary/aromatic N) is 1. The maximum atomic E-state index is 14.3. The van der Waals surface area contributed by atoms with Gasteiger partial charge in [0, 0.05) is 17.7 Å². The predicted molar refractivity (Wildman–Crippen MR) is 79.9 cm³/mol. The van der Waals surface area contributed by atoms with Crippen LogP contribution in [0.2, 0.25) is 0 Å². The van der Waals surface area contributed by atoms with E-state index < -0.39 is 11.9 Å². The number of carbonyl (C=O) groups is 2. The number of nitrogens with two attached hydrogens (primary N) is 1. The second-order valence-electron chi connectivity index (χ2n) is 4.88. The van der Waals surface area contributed by atoms with Gasteiger partial charge >= 0.3 is 0 Å². The van der Waals surface area contributed by atoms with Crippen molar-refractivity contribution in [2.45, 2.75) is 25.9 Å². The number of piperazine rings is 1. The maximum Gasteiger partial charge on any atom is 0.243 e. The molecule has 0 saturated carbocycles. The molecule has 112 valence electrons. The average Bonchev–Trinajstić information content (AvgIpc) is 2.40. The Balaban J connectivity index is 2.28. The lowest BCUT2D eigenvalue weighted by Crippen LogP contribution is -2.57. The van der Waals surface area contributed by atoms with Crippen molar-refractivity contribution in [3.05, 3.63) is 35.1 Å². The first-order valence-corrected chi connectivity index (χ1v) is 6.99. The van der Waals surface area contributed by atoms with Crippen molar-refractivity contribution in [2.24, 2.45) is 5.73 Å². The summed E-state index contributed by atoms with van der Waals surface area (Å²) in [4.78, 5) is 24.9. The van der Waals surface area contributed by atoms with Crippen molar-refractivity contribution in [3.8, 4) is 0 Å². The van der Waals surface area contributed by atoms with Crippen LogP contribution in [0, 0.1) is 5.82 Å². The van der Waals surface area contributed by atoms with Crippen LogP contribution in [0.1, 0.15) is 24.5 Å². The number of imide groups is 1. The fraction of sp³-hybridized carbons (Fsp3) is 0.357.